The number of hydrogen-bond acceptors (Lipinski definition) is 4. The fourth-order valence-electron chi connectivity index (χ4n) is 1.92. The van der Waals surface area contributed by atoms with Crippen molar-refractivity contribution in [1.82, 2.24) is 0 Å². The first-order valence-electron chi connectivity index (χ1n) is 6.02. The number of nitrogens with zero attached hydrogens (tertiary/aromatic N) is 1. The molecule has 0 atom stereocenters. The average Bonchev–Trinajstić information content (AvgIpc) is 2.84. The van der Waals surface area contributed by atoms with Gasteiger partial charge in [-0.3, -0.25) is 4.79 Å². The number of fused-ring (bicyclic) bond motifs is 1. The zero-order chi connectivity index (χ0) is 14.1. The Bertz CT molecular complexity index is 778. The number of aromatic nitrogens is 1. The molecule has 0 saturated carbocycles. The van der Waals surface area contributed by atoms with Crippen molar-refractivity contribution < 1.29 is 9.52 Å². The van der Waals surface area contributed by atoms with Gasteiger partial charge in [-0.15, -0.1) is 11.3 Å². The van der Waals surface area contributed by atoms with E-state index >= 15 is 0 Å². The second-order valence-electron chi connectivity index (χ2n) is 4.44. The van der Waals surface area contributed by atoms with E-state index in [9.17, 15) is 10.0 Å². The third-order valence-electron chi connectivity index (χ3n) is 2.90. The van der Waals surface area contributed by atoms with Crippen LogP contribution in [-0.2, 0) is 0 Å². The van der Waals surface area contributed by atoms with Gasteiger partial charge in [0.25, 0.3) is 0 Å². The van der Waals surface area contributed by atoms with Gasteiger partial charge in [-0.1, -0.05) is 29.5 Å². The van der Waals surface area contributed by atoms with Crippen LogP contribution in [0.1, 0.15) is 15.2 Å². The highest BCUT2D eigenvalue weighted by Crippen LogP contribution is 2.35. The van der Waals surface area contributed by atoms with Gasteiger partial charge in [-0.25, -0.2) is 0 Å². The minimum atomic E-state index is 0.636. The molecule has 0 saturated heterocycles. The Kier molecular flexibility index (Phi) is 3.46. The predicted molar refractivity (Wildman–Crippen MR) is 81.5 cm³/mol. The summed E-state index contributed by atoms with van der Waals surface area (Å²) >= 11 is 2.87. The first kappa shape index (κ1) is 13.1. The summed E-state index contributed by atoms with van der Waals surface area (Å²) < 4.78 is 1.63. The maximum atomic E-state index is 11.7. The Balaban J connectivity index is 2.07. The molecule has 3 nitrogen and oxygen atoms in total. The molecule has 0 radical (unpaired) electrons. The summed E-state index contributed by atoms with van der Waals surface area (Å²) in [6.07, 6.45) is 3.88. The van der Waals surface area contributed by atoms with Crippen molar-refractivity contribution in [2.45, 2.75) is 16.7 Å². The maximum Gasteiger partial charge on any atom is 0.198 e. The van der Waals surface area contributed by atoms with Gasteiger partial charge in [-0.05, 0) is 25.1 Å². The van der Waals surface area contributed by atoms with E-state index < -0.39 is 0 Å². The lowest BCUT2D eigenvalue weighted by molar-refractivity contribution is -0.605. The quantitative estimate of drug-likeness (QED) is 0.420. The van der Waals surface area contributed by atoms with E-state index in [1.165, 1.54) is 34.9 Å². The molecule has 20 heavy (non-hydrogen) atoms. The van der Waals surface area contributed by atoms with Crippen LogP contribution in [0.4, 0.5) is 0 Å². The molecule has 0 aliphatic heterocycles. The molecule has 2 aromatic heterocycles. The summed E-state index contributed by atoms with van der Waals surface area (Å²) in [6.45, 7) is 2.04. The molecule has 0 amide bonds. The normalized spacial score (nSPS) is 10.8. The zero-order valence-electron chi connectivity index (χ0n) is 10.7. The standard InChI is InChI=1S/C15H11NO2S2/c1-10-2-4-11(5-3-10)19-14-7-16(18)8-15-13(14)6-12(9-17)20-15/h2-9H,1H3. The van der Waals surface area contributed by atoms with Crippen molar-refractivity contribution in [2.75, 3.05) is 0 Å². The Labute approximate surface area is 124 Å². The van der Waals surface area contributed by atoms with Crippen LogP contribution in [0.3, 0.4) is 0 Å². The van der Waals surface area contributed by atoms with E-state index in [1.54, 1.807) is 6.20 Å². The van der Waals surface area contributed by atoms with Gasteiger partial charge in [0, 0.05) is 10.3 Å². The molecule has 0 unspecified atom stereocenters. The largest absolute Gasteiger partial charge is 0.619 e. The van der Waals surface area contributed by atoms with Gasteiger partial charge in [-0.2, -0.15) is 4.73 Å². The summed E-state index contributed by atoms with van der Waals surface area (Å²) in [7, 11) is 0. The minimum Gasteiger partial charge on any atom is -0.619 e. The molecule has 3 aromatic rings. The molecule has 3 rings (SSSR count). The first-order valence-corrected chi connectivity index (χ1v) is 7.65. The van der Waals surface area contributed by atoms with Crippen LogP contribution in [0.15, 0.2) is 52.5 Å². The van der Waals surface area contributed by atoms with Gasteiger partial charge >= 0.3 is 0 Å². The molecule has 0 N–H and O–H groups in total. The van der Waals surface area contributed by atoms with E-state index in [2.05, 4.69) is 0 Å². The molecule has 0 aliphatic carbocycles. The van der Waals surface area contributed by atoms with Gasteiger partial charge in [0.1, 0.15) is 4.70 Å². The van der Waals surface area contributed by atoms with Gasteiger partial charge in [0.2, 0.25) is 0 Å². The van der Waals surface area contributed by atoms with Crippen LogP contribution in [0.5, 0.6) is 0 Å². The van der Waals surface area contributed by atoms with E-state index in [4.69, 9.17) is 0 Å². The van der Waals surface area contributed by atoms with Crippen molar-refractivity contribution in [1.29, 1.82) is 0 Å². The SMILES string of the molecule is Cc1ccc(Sc2c[n+]([O-])cc3sc(C=O)cc23)cc1. The third-order valence-corrected chi connectivity index (χ3v) is 4.95. The van der Waals surface area contributed by atoms with Gasteiger partial charge < -0.3 is 5.21 Å². The number of thiophene rings is 1. The molecule has 0 aliphatic rings. The van der Waals surface area contributed by atoms with Crippen molar-refractivity contribution in [2.24, 2.45) is 0 Å². The van der Waals surface area contributed by atoms with Crippen molar-refractivity contribution in [3.63, 3.8) is 0 Å². The Morgan fingerprint density at radius 3 is 2.70 bits per heavy atom. The summed E-state index contributed by atoms with van der Waals surface area (Å²) in [5.74, 6) is 0. The number of pyridine rings is 1. The average molecular weight is 301 g/mol. The fourth-order valence-corrected chi connectivity index (χ4v) is 3.86. The molecular formula is C15H11NO2S2. The lowest BCUT2D eigenvalue weighted by atomic mass is 10.2. The summed E-state index contributed by atoms with van der Waals surface area (Å²) in [5.41, 5.74) is 1.20. The highest BCUT2D eigenvalue weighted by molar-refractivity contribution is 7.99. The minimum absolute atomic E-state index is 0.636. The number of aldehydes is 1. The Hall–Kier alpha value is -1.85. The molecule has 100 valence electrons. The van der Waals surface area contributed by atoms with Crippen LogP contribution >= 0.6 is 23.1 Å². The Morgan fingerprint density at radius 2 is 2.00 bits per heavy atom. The second-order valence-corrected chi connectivity index (χ2v) is 6.67. The molecule has 0 spiro atoms. The molecule has 0 bridgehead atoms. The van der Waals surface area contributed by atoms with E-state index in [1.807, 2.05) is 37.3 Å². The first-order chi connectivity index (χ1) is 9.65. The predicted octanol–water partition coefficient (Wildman–Crippen LogP) is 3.81. The number of benzene rings is 1. The Morgan fingerprint density at radius 1 is 1.25 bits per heavy atom. The van der Waals surface area contributed by atoms with Crippen LogP contribution in [0.25, 0.3) is 10.1 Å². The summed E-state index contributed by atoms with van der Waals surface area (Å²) in [5, 5.41) is 12.6. The zero-order valence-corrected chi connectivity index (χ0v) is 12.3. The van der Waals surface area contributed by atoms with E-state index in [0.717, 1.165) is 30.9 Å². The molecule has 0 fully saturated rings. The lowest BCUT2D eigenvalue weighted by Gasteiger charge is -2.04. The van der Waals surface area contributed by atoms with Crippen molar-refractivity contribution >= 4 is 39.5 Å². The topological polar surface area (TPSA) is 44.0 Å². The smallest absolute Gasteiger partial charge is 0.198 e. The molecule has 2 heterocycles. The maximum absolute atomic E-state index is 11.7. The summed E-state index contributed by atoms with van der Waals surface area (Å²) in [4.78, 5) is 13.5. The number of rotatable bonds is 3. The molecule has 5 heteroatoms. The monoisotopic (exact) mass is 301 g/mol. The number of carbonyl (C=O) groups excluding carboxylic acids is 1. The molecular weight excluding hydrogens is 290 g/mol. The number of aryl methyl sites for hydroxylation is 1. The number of hydrogen-bond donors (Lipinski definition) is 0. The van der Waals surface area contributed by atoms with Crippen LogP contribution in [0, 0.1) is 12.1 Å². The number of carbonyl (C=O) groups is 1. The van der Waals surface area contributed by atoms with Gasteiger partial charge in [0.05, 0.1) is 9.77 Å². The van der Waals surface area contributed by atoms with Gasteiger partial charge in [0.15, 0.2) is 18.7 Å². The third kappa shape index (κ3) is 2.55. The van der Waals surface area contributed by atoms with Crippen molar-refractivity contribution in [3.05, 3.63) is 58.4 Å². The second kappa shape index (κ2) is 5.26. The molecule has 1 aromatic carbocycles. The van der Waals surface area contributed by atoms with E-state index in [-0.39, 0.29) is 0 Å². The highest BCUT2D eigenvalue weighted by atomic mass is 32.2. The highest BCUT2D eigenvalue weighted by Gasteiger charge is 2.12. The van der Waals surface area contributed by atoms with Crippen LogP contribution in [0.2, 0.25) is 0 Å². The van der Waals surface area contributed by atoms with Crippen LogP contribution in [-0.4, -0.2) is 6.29 Å². The van der Waals surface area contributed by atoms with Crippen LogP contribution < -0.4 is 4.73 Å². The van der Waals surface area contributed by atoms with Crippen molar-refractivity contribution in [3.8, 4) is 0 Å². The lowest BCUT2D eigenvalue weighted by Crippen LogP contribution is -2.24. The van der Waals surface area contributed by atoms with E-state index in [0.29, 0.717) is 4.88 Å². The summed E-state index contributed by atoms with van der Waals surface area (Å²) in [6, 6.07) is 9.97. The fraction of sp³-hybridized carbons (Fsp3) is 0.0667.